The second kappa shape index (κ2) is 5.16. The van der Waals surface area contributed by atoms with Gasteiger partial charge in [-0.2, -0.15) is 5.10 Å². The largest absolute Gasteiger partial charge is 0.397 e. The zero-order valence-electron chi connectivity index (χ0n) is 11.5. The van der Waals surface area contributed by atoms with E-state index in [1.165, 1.54) is 11.3 Å². The van der Waals surface area contributed by atoms with E-state index in [1.807, 2.05) is 38.2 Å². The van der Waals surface area contributed by atoms with Crippen LogP contribution in [0.25, 0.3) is 10.2 Å². The van der Waals surface area contributed by atoms with Crippen LogP contribution in [0.3, 0.4) is 0 Å². The average Bonchev–Trinajstić information content (AvgIpc) is 2.92. The number of aryl methyl sites for hydroxylation is 2. The van der Waals surface area contributed by atoms with Crippen LogP contribution in [-0.2, 0) is 7.05 Å². The smallest absolute Gasteiger partial charge is 0.267 e. The average molecular weight is 365 g/mol. The summed E-state index contributed by atoms with van der Waals surface area (Å²) in [5, 5.41) is 8.04. The van der Waals surface area contributed by atoms with E-state index in [4.69, 9.17) is 5.73 Å². The highest BCUT2D eigenvalue weighted by Gasteiger charge is 2.20. The monoisotopic (exact) mass is 364 g/mol. The van der Waals surface area contributed by atoms with E-state index >= 15 is 0 Å². The number of halogens is 1. The van der Waals surface area contributed by atoms with Crippen molar-refractivity contribution in [2.45, 2.75) is 6.92 Å². The summed E-state index contributed by atoms with van der Waals surface area (Å²) in [6.45, 7) is 1.89. The molecule has 3 rings (SSSR count). The zero-order chi connectivity index (χ0) is 15.1. The van der Waals surface area contributed by atoms with Crippen LogP contribution >= 0.6 is 27.3 Å². The van der Waals surface area contributed by atoms with Gasteiger partial charge in [-0.25, -0.2) is 0 Å². The molecule has 5 nitrogen and oxygen atoms in total. The molecule has 0 unspecified atom stereocenters. The molecule has 0 radical (unpaired) electrons. The van der Waals surface area contributed by atoms with Crippen molar-refractivity contribution in [3.63, 3.8) is 0 Å². The van der Waals surface area contributed by atoms with Gasteiger partial charge in [-0.1, -0.05) is 15.9 Å². The maximum absolute atomic E-state index is 12.4. The highest BCUT2D eigenvalue weighted by atomic mass is 79.9. The number of aromatic nitrogens is 2. The van der Waals surface area contributed by atoms with Gasteiger partial charge in [-0.15, -0.1) is 11.3 Å². The molecule has 2 heterocycles. The number of thiophene rings is 1. The van der Waals surface area contributed by atoms with Crippen molar-refractivity contribution in [2.75, 3.05) is 11.1 Å². The Kier molecular flexibility index (Phi) is 3.46. The van der Waals surface area contributed by atoms with E-state index in [0.29, 0.717) is 10.6 Å². The van der Waals surface area contributed by atoms with Gasteiger partial charge in [0.25, 0.3) is 5.91 Å². The predicted molar refractivity (Wildman–Crippen MR) is 89.8 cm³/mol. The molecule has 0 aliphatic heterocycles. The molecule has 0 aliphatic rings. The summed E-state index contributed by atoms with van der Waals surface area (Å²) in [5.41, 5.74) is 8.18. The number of nitrogens with zero attached hydrogens (tertiary/aromatic N) is 2. The fourth-order valence-corrected chi connectivity index (χ4v) is 3.57. The second-order valence-corrected chi connectivity index (χ2v) is 6.61. The van der Waals surface area contributed by atoms with Crippen molar-refractivity contribution in [1.82, 2.24) is 9.78 Å². The Balaban J connectivity index is 1.96. The number of hydrogen-bond acceptors (Lipinski definition) is 4. The van der Waals surface area contributed by atoms with Gasteiger partial charge < -0.3 is 11.1 Å². The number of rotatable bonds is 2. The van der Waals surface area contributed by atoms with Crippen LogP contribution in [0.5, 0.6) is 0 Å². The summed E-state index contributed by atoms with van der Waals surface area (Å²) in [7, 11) is 1.85. The van der Waals surface area contributed by atoms with E-state index in [0.717, 1.165) is 26.1 Å². The summed E-state index contributed by atoms with van der Waals surface area (Å²) in [4.78, 5) is 13.8. The van der Waals surface area contributed by atoms with Crippen LogP contribution in [0.4, 0.5) is 11.4 Å². The first-order valence-corrected chi connectivity index (χ1v) is 7.87. The first kappa shape index (κ1) is 14.1. The SMILES string of the molecule is Cc1nn(C)c2sc(C(=O)Nc3ccc(Br)cc3)c(N)c12. The van der Waals surface area contributed by atoms with Gasteiger partial charge >= 0.3 is 0 Å². The van der Waals surface area contributed by atoms with Crippen molar-refractivity contribution in [3.8, 4) is 0 Å². The zero-order valence-corrected chi connectivity index (χ0v) is 13.9. The summed E-state index contributed by atoms with van der Waals surface area (Å²) in [6.07, 6.45) is 0. The third-order valence-electron chi connectivity index (χ3n) is 3.19. The Morgan fingerprint density at radius 1 is 1.38 bits per heavy atom. The number of nitrogens with two attached hydrogens (primary N) is 1. The molecule has 1 aromatic carbocycles. The van der Waals surface area contributed by atoms with Crippen LogP contribution in [0.15, 0.2) is 28.7 Å². The molecule has 0 aliphatic carbocycles. The molecule has 0 bridgehead atoms. The van der Waals surface area contributed by atoms with E-state index < -0.39 is 0 Å². The molecule has 3 N–H and O–H groups in total. The van der Waals surface area contributed by atoms with Crippen LogP contribution < -0.4 is 11.1 Å². The van der Waals surface area contributed by atoms with Gasteiger partial charge in [-0.05, 0) is 31.2 Å². The number of nitrogen functional groups attached to an aromatic ring is 1. The van der Waals surface area contributed by atoms with E-state index in [1.54, 1.807) is 4.68 Å². The number of carbonyl (C=O) groups excluding carboxylic acids is 1. The van der Waals surface area contributed by atoms with Gasteiger partial charge in [0.2, 0.25) is 0 Å². The van der Waals surface area contributed by atoms with Crippen molar-refractivity contribution >= 4 is 54.8 Å². The minimum atomic E-state index is -0.199. The van der Waals surface area contributed by atoms with Gasteiger partial charge in [0.15, 0.2) is 0 Å². The summed E-state index contributed by atoms with van der Waals surface area (Å²) in [6, 6.07) is 7.41. The lowest BCUT2D eigenvalue weighted by Crippen LogP contribution is -2.11. The van der Waals surface area contributed by atoms with Crippen LogP contribution in [0.2, 0.25) is 0 Å². The Hall–Kier alpha value is -1.86. The third-order valence-corrected chi connectivity index (χ3v) is 4.99. The molecule has 0 saturated carbocycles. The van der Waals surface area contributed by atoms with E-state index in [9.17, 15) is 4.79 Å². The summed E-state index contributed by atoms with van der Waals surface area (Å²) < 4.78 is 2.71. The van der Waals surface area contributed by atoms with Gasteiger partial charge in [0.05, 0.1) is 16.8 Å². The summed E-state index contributed by atoms with van der Waals surface area (Å²) in [5.74, 6) is -0.199. The Morgan fingerprint density at radius 2 is 2.05 bits per heavy atom. The fraction of sp³-hybridized carbons (Fsp3) is 0.143. The van der Waals surface area contributed by atoms with Crippen LogP contribution in [-0.4, -0.2) is 15.7 Å². The number of benzene rings is 1. The predicted octanol–water partition coefficient (Wildman–Crippen LogP) is 3.54. The molecule has 21 heavy (non-hydrogen) atoms. The van der Waals surface area contributed by atoms with Gasteiger partial charge in [0, 0.05) is 17.2 Å². The third kappa shape index (κ3) is 2.43. The van der Waals surface area contributed by atoms with Crippen molar-refractivity contribution in [2.24, 2.45) is 7.05 Å². The lowest BCUT2D eigenvalue weighted by molar-refractivity contribution is 0.103. The molecule has 3 aromatic rings. The molecule has 1 amide bonds. The van der Waals surface area contributed by atoms with Gasteiger partial charge in [-0.3, -0.25) is 9.48 Å². The first-order valence-electron chi connectivity index (χ1n) is 6.26. The van der Waals surface area contributed by atoms with Crippen molar-refractivity contribution < 1.29 is 4.79 Å². The summed E-state index contributed by atoms with van der Waals surface area (Å²) >= 11 is 4.72. The molecule has 0 fully saturated rings. The number of carbonyl (C=O) groups is 1. The number of fused-ring (bicyclic) bond motifs is 1. The molecule has 0 spiro atoms. The highest BCUT2D eigenvalue weighted by molar-refractivity contribution is 9.10. The van der Waals surface area contributed by atoms with E-state index in [-0.39, 0.29) is 5.91 Å². The maximum atomic E-state index is 12.4. The highest BCUT2D eigenvalue weighted by Crippen LogP contribution is 2.35. The number of hydrogen-bond donors (Lipinski definition) is 2. The number of nitrogens with one attached hydrogen (secondary N) is 1. The van der Waals surface area contributed by atoms with Crippen LogP contribution in [0, 0.1) is 6.92 Å². The quantitative estimate of drug-likeness (QED) is 0.730. The fourth-order valence-electron chi connectivity index (χ4n) is 2.22. The number of anilines is 2. The molecule has 0 saturated heterocycles. The molecule has 7 heteroatoms. The molecule has 2 aromatic heterocycles. The Labute approximate surface area is 133 Å². The lowest BCUT2D eigenvalue weighted by atomic mass is 10.2. The normalized spacial score (nSPS) is 11.0. The van der Waals surface area contributed by atoms with E-state index in [2.05, 4.69) is 26.3 Å². The number of amides is 1. The molecular weight excluding hydrogens is 352 g/mol. The second-order valence-electron chi connectivity index (χ2n) is 4.70. The Bertz CT molecular complexity index is 835. The molecule has 0 atom stereocenters. The standard InChI is InChI=1S/C14H13BrN4OS/c1-7-10-11(16)12(21-14(10)19(2)18-7)13(20)17-9-5-3-8(15)4-6-9/h3-6H,16H2,1-2H3,(H,17,20). The van der Waals surface area contributed by atoms with Crippen LogP contribution in [0.1, 0.15) is 15.4 Å². The minimum Gasteiger partial charge on any atom is -0.397 e. The molecular formula is C14H13BrN4OS. The maximum Gasteiger partial charge on any atom is 0.267 e. The molecule has 108 valence electrons. The van der Waals surface area contributed by atoms with Crippen molar-refractivity contribution in [1.29, 1.82) is 0 Å². The Morgan fingerprint density at radius 3 is 2.67 bits per heavy atom. The van der Waals surface area contributed by atoms with Crippen molar-refractivity contribution in [3.05, 3.63) is 39.3 Å². The lowest BCUT2D eigenvalue weighted by Gasteiger charge is -2.04. The minimum absolute atomic E-state index is 0.199. The topological polar surface area (TPSA) is 72.9 Å². The first-order chi connectivity index (χ1) is 9.97. The van der Waals surface area contributed by atoms with Gasteiger partial charge in [0.1, 0.15) is 9.71 Å².